The number of amides is 1. The summed E-state index contributed by atoms with van der Waals surface area (Å²) in [5, 5.41) is 6.29. The van der Waals surface area contributed by atoms with Gasteiger partial charge in [-0.1, -0.05) is 66.5 Å². The predicted octanol–water partition coefficient (Wildman–Crippen LogP) is 7.95. The minimum Gasteiger partial charge on any atom is -0.442 e. The molecular formula is C25H28Cl2N2O4. The third-order valence-corrected chi connectivity index (χ3v) is 5.40. The molecule has 0 saturated carbocycles. The lowest BCUT2D eigenvalue weighted by Crippen LogP contribution is -2.37. The summed E-state index contributed by atoms with van der Waals surface area (Å²) in [6.07, 6.45) is -0.628. The lowest BCUT2D eigenvalue weighted by molar-refractivity contribution is 0.0187. The van der Waals surface area contributed by atoms with Gasteiger partial charge in [-0.05, 0) is 51.5 Å². The van der Waals surface area contributed by atoms with Crippen molar-refractivity contribution < 1.29 is 18.9 Å². The van der Waals surface area contributed by atoms with Gasteiger partial charge in [-0.15, -0.1) is 0 Å². The number of benzene rings is 2. The molecule has 0 fully saturated rings. The van der Waals surface area contributed by atoms with Gasteiger partial charge in [-0.25, -0.2) is 4.79 Å². The maximum Gasteiger partial charge on any atom is 0.439 e. The first-order valence-corrected chi connectivity index (χ1v) is 11.4. The van der Waals surface area contributed by atoms with Crippen LogP contribution in [0.25, 0.3) is 11.3 Å². The minimum atomic E-state index is -0.697. The first-order chi connectivity index (χ1) is 15.5. The second kappa shape index (κ2) is 10.2. The van der Waals surface area contributed by atoms with E-state index in [2.05, 4.69) is 5.16 Å². The number of ether oxygens (including phenoxy) is 1. The van der Waals surface area contributed by atoms with E-state index in [1.165, 1.54) is 0 Å². The fourth-order valence-electron chi connectivity index (χ4n) is 3.28. The van der Waals surface area contributed by atoms with Crippen molar-refractivity contribution in [2.45, 2.75) is 59.7 Å². The number of nitrogens with zero attached hydrogens (tertiary/aromatic N) is 2. The Labute approximate surface area is 204 Å². The molecule has 3 rings (SSSR count). The van der Waals surface area contributed by atoms with E-state index in [-0.39, 0.29) is 12.5 Å². The van der Waals surface area contributed by atoms with E-state index in [0.717, 1.165) is 10.6 Å². The van der Waals surface area contributed by atoms with Crippen molar-refractivity contribution in [3.63, 3.8) is 0 Å². The number of para-hydroxylation sites is 1. The molecule has 0 atom stereocenters. The highest BCUT2D eigenvalue weighted by Crippen LogP contribution is 2.39. The molecule has 1 amide bonds. The number of carbonyl (C=O) groups excluding carboxylic acids is 1. The Morgan fingerprint density at radius 1 is 1.09 bits per heavy atom. The zero-order chi connectivity index (χ0) is 24.3. The highest BCUT2D eigenvalue weighted by atomic mass is 35.5. The number of hydroxylamine groups is 1. The summed E-state index contributed by atoms with van der Waals surface area (Å²) in [5.41, 5.74) is 2.41. The van der Waals surface area contributed by atoms with Gasteiger partial charge >= 0.3 is 6.09 Å². The van der Waals surface area contributed by atoms with Crippen LogP contribution in [0.4, 0.5) is 10.5 Å². The molecule has 0 aliphatic rings. The predicted molar refractivity (Wildman–Crippen MR) is 131 cm³/mol. The average Bonchev–Trinajstić information content (AvgIpc) is 3.12. The minimum absolute atomic E-state index is 0.0124. The number of hydrogen-bond acceptors (Lipinski definition) is 5. The first kappa shape index (κ1) is 25.1. The number of rotatable bonds is 6. The van der Waals surface area contributed by atoms with E-state index in [4.69, 9.17) is 37.3 Å². The molecule has 8 heteroatoms. The van der Waals surface area contributed by atoms with Crippen LogP contribution in [0.1, 0.15) is 57.4 Å². The number of carbonyl (C=O) groups is 1. The van der Waals surface area contributed by atoms with Crippen LogP contribution in [0.5, 0.6) is 0 Å². The Hall–Kier alpha value is -2.54. The zero-order valence-corrected chi connectivity index (χ0v) is 21.1. The molecule has 0 N–H and O–H groups in total. The quantitative estimate of drug-likeness (QED) is 0.328. The summed E-state index contributed by atoms with van der Waals surface area (Å²) < 4.78 is 11.2. The molecule has 6 nitrogen and oxygen atoms in total. The highest BCUT2D eigenvalue weighted by Gasteiger charge is 2.29. The van der Waals surface area contributed by atoms with E-state index >= 15 is 0 Å². The van der Waals surface area contributed by atoms with Crippen LogP contribution in [-0.4, -0.2) is 16.9 Å². The van der Waals surface area contributed by atoms with Crippen LogP contribution in [0.15, 0.2) is 47.0 Å². The molecule has 0 saturated heterocycles. The molecule has 0 unspecified atom stereocenters. The Kier molecular flexibility index (Phi) is 7.73. The largest absolute Gasteiger partial charge is 0.442 e. The normalized spacial score (nSPS) is 11.7. The van der Waals surface area contributed by atoms with Crippen LogP contribution in [-0.2, 0) is 16.2 Å². The third kappa shape index (κ3) is 5.88. The molecule has 0 aliphatic carbocycles. The van der Waals surface area contributed by atoms with E-state index in [1.807, 2.05) is 39.0 Å². The summed E-state index contributed by atoms with van der Waals surface area (Å²) in [6.45, 7) is 11.2. The number of aromatic nitrogens is 1. The number of hydrogen-bond donors (Lipinski definition) is 0. The van der Waals surface area contributed by atoms with E-state index in [0.29, 0.717) is 38.3 Å². The SMILES string of the molecule is Cc1ccccc1N(OCc1c(-c2c(Cl)cccc2Cl)noc1C(C)C)C(=O)OC(C)(C)C. The van der Waals surface area contributed by atoms with E-state index in [1.54, 1.807) is 45.0 Å². The maximum absolute atomic E-state index is 13.1. The van der Waals surface area contributed by atoms with Gasteiger partial charge in [0.05, 0.1) is 21.3 Å². The van der Waals surface area contributed by atoms with Crippen molar-refractivity contribution in [1.82, 2.24) is 5.16 Å². The number of aryl methyl sites for hydroxylation is 1. The van der Waals surface area contributed by atoms with Gasteiger partial charge in [-0.2, -0.15) is 5.06 Å². The second-order valence-corrected chi connectivity index (χ2v) is 9.77. The topological polar surface area (TPSA) is 64.8 Å². The van der Waals surface area contributed by atoms with Gasteiger partial charge in [0.15, 0.2) is 0 Å². The van der Waals surface area contributed by atoms with Crippen molar-refractivity contribution in [3.8, 4) is 11.3 Å². The molecule has 1 heterocycles. The van der Waals surface area contributed by atoms with Gasteiger partial charge in [-0.3, -0.25) is 4.84 Å². The Bertz CT molecular complexity index is 1120. The van der Waals surface area contributed by atoms with E-state index < -0.39 is 11.7 Å². The van der Waals surface area contributed by atoms with Crippen molar-refractivity contribution in [2.75, 3.05) is 5.06 Å². The first-order valence-electron chi connectivity index (χ1n) is 10.6. The fourth-order valence-corrected chi connectivity index (χ4v) is 3.86. The summed E-state index contributed by atoms with van der Waals surface area (Å²) >= 11 is 12.9. The summed E-state index contributed by atoms with van der Waals surface area (Å²) in [5.74, 6) is 0.634. The van der Waals surface area contributed by atoms with Crippen LogP contribution in [0.2, 0.25) is 10.0 Å². The maximum atomic E-state index is 13.1. The average molecular weight is 491 g/mol. The Morgan fingerprint density at radius 2 is 1.73 bits per heavy atom. The molecule has 0 bridgehead atoms. The Morgan fingerprint density at radius 3 is 2.30 bits per heavy atom. The van der Waals surface area contributed by atoms with Gasteiger partial charge in [0.1, 0.15) is 23.7 Å². The molecule has 0 spiro atoms. The van der Waals surface area contributed by atoms with Gasteiger partial charge in [0.2, 0.25) is 0 Å². The van der Waals surface area contributed by atoms with Crippen LogP contribution in [0.3, 0.4) is 0 Å². The zero-order valence-electron chi connectivity index (χ0n) is 19.6. The molecule has 176 valence electrons. The molecule has 2 aromatic carbocycles. The summed E-state index contributed by atoms with van der Waals surface area (Å²) in [7, 11) is 0. The summed E-state index contributed by atoms with van der Waals surface area (Å²) in [6, 6.07) is 12.6. The number of anilines is 1. The second-order valence-electron chi connectivity index (χ2n) is 8.96. The standard InChI is InChI=1S/C25H28Cl2N2O4/c1-15(2)23-17(22(28-33-23)21-18(26)11-9-12-19(21)27)14-31-29(24(30)32-25(4,5)6)20-13-8-7-10-16(20)3/h7-13,15H,14H2,1-6H3. The molecule has 33 heavy (non-hydrogen) atoms. The van der Waals surface area contributed by atoms with Crippen LogP contribution < -0.4 is 5.06 Å². The molecular weight excluding hydrogens is 463 g/mol. The third-order valence-electron chi connectivity index (χ3n) is 4.77. The monoisotopic (exact) mass is 490 g/mol. The fraction of sp³-hybridized carbons (Fsp3) is 0.360. The van der Waals surface area contributed by atoms with Gasteiger partial charge in [0.25, 0.3) is 0 Å². The van der Waals surface area contributed by atoms with E-state index in [9.17, 15) is 4.79 Å². The van der Waals surface area contributed by atoms with Gasteiger partial charge in [0, 0.05) is 11.5 Å². The smallest absolute Gasteiger partial charge is 0.439 e. The highest BCUT2D eigenvalue weighted by molar-refractivity contribution is 6.39. The van der Waals surface area contributed by atoms with Crippen LogP contribution >= 0.6 is 23.2 Å². The molecule has 1 aromatic heterocycles. The lowest BCUT2D eigenvalue weighted by Gasteiger charge is -2.27. The van der Waals surface area contributed by atoms with Crippen molar-refractivity contribution in [3.05, 3.63) is 69.4 Å². The Balaban J connectivity index is 2.02. The number of halogens is 2. The van der Waals surface area contributed by atoms with Crippen molar-refractivity contribution >= 4 is 35.0 Å². The van der Waals surface area contributed by atoms with Crippen molar-refractivity contribution in [2.24, 2.45) is 0 Å². The molecule has 0 radical (unpaired) electrons. The van der Waals surface area contributed by atoms with Crippen LogP contribution in [0, 0.1) is 6.92 Å². The lowest BCUT2D eigenvalue weighted by atomic mass is 10.0. The van der Waals surface area contributed by atoms with Crippen molar-refractivity contribution in [1.29, 1.82) is 0 Å². The summed E-state index contributed by atoms with van der Waals surface area (Å²) in [4.78, 5) is 19.1. The van der Waals surface area contributed by atoms with Gasteiger partial charge < -0.3 is 9.26 Å². The molecule has 3 aromatic rings. The molecule has 0 aliphatic heterocycles.